The van der Waals surface area contributed by atoms with Crippen molar-refractivity contribution in [1.29, 1.82) is 0 Å². The molecule has 0 saturated heterocycles. The highest BCUT2D eigenvalue weighted by atomic mass is 35.5. The number of halogens is 1. The molecule has 0 saturated carbocycles. The Hall–Kier alpha value is -0.900. The molecule has 2 N–H and O–H groups in total. The predicted molar refractivity (Wildman–Crippen MR) is 78.4 cm³/mol. The van der Waals surface area contributed by atoms with Crippen LogP contribution < -0.4 is 5.73 Å². The lowest BCUT2D eigenvalue weighted by atomic mass is 10.0. The van der Waals surface area contributed by atoms with Gasteiger partial charge >= 0.3 is 0 Å². The summed E-state index contributed by atoms with van der Waals surface area (Å²) in [6.45, 7) is 6.11. The highest BCUT2D eigenvalue weighted by Gasteiger charge is 2.12. The first-order valence-corrected chi connectivity index (χ1v) is 7.11. The van der Waals surface area contributed by atoms with Crippen LogP contribution >= 0.6 is 22.9 Å². The average Bonchev–Trinajstić information content (AvgIpc) is 2.61. The van der Waals surface area contributed by atoms with E-state index < -0.39 is 0 Å². The third-order valence-electron chi connectivity index (χ3n) is 3.09. The van der Waals surface area contributed by atoms with Crippen LogP contribution in [0.1, 0.15) is 32.7 Å². The third-order valence-corrected chi connectivity index (χ3v) is 4.59. The fourth-order valence-corrected chi connectivity index (χ4v) is 2.95. The molecule has 0 amide bonds. The Morgan fingerprint density at radius 1 is 1.33 bits per heavy atom. The van der Waals surface area contributed by atoms with Crippen LogP contribution in [0.2, 0.25) is 5.02 Å². The summed E-state index contributed by atoms with van der Waals surface area (Å²) in [5.74, 6) is 0. The Bertz CT molecular complexity index is 543. The first kappa shape index (κ1) is 13.5. The molecule has 0 aliphatic carbocycles. The van der Waals surface area contributed by atoms with E-state index in [9.17, 15) is 0 Å². The SMILES string of the molecule is Cc1ccc(C(N)Cc2nc(C)c(C)s2)cc1Cl. The van der Waals surface area contributed by atoms with Gasteiger partial charge in [-0.05, 0) is 38.0 Å². The zero-order valence-electron chi connectivity index (χ0n) is 10.8. The molecule has 96 valence electrons. The molecular weight excluding hydrogens is 264 g/mol. The van der Waals surface area contributed by atoms with Crippen molar-refractivity contribution in [3.05, 3.63) is 49.9 Å². The summed E-state index contributed by atoms with van der Waals surface area (Å²) >= 11 is 7.84. The van der Waals surface area contributed by atoms with Crippen molar-refractivity contribution in [3.8, 4) is 0 Å². The van der Waals surface area contributed by atoms with Crippen molar-refractivity contribution >= 4 is 22.9 Å². The minimum atomic E-state index is -0.0481. The van der Waals surface area contributed by atoms with E-state index >= 15 is 0 Å². The lowest BCUT2D eigenvalue weighted by molar-refractivity contribution is 0.716. The smallest absolute Gasteiger partial charge is 0.0949 e. The van der Waals surface area contributed by atoms with E-state index in [2.05, 4.69) is 11.9 Å². The van der Waals surface area contributed by atoms with Gasteiger partial charge in [0.25, 0.3) is 0 Å². The van der Waals surface area contributed by atoms with Gasteiger partial charge in [0.15, 0.2) is 0 Å². The Kier molecular flexibility index (Phi) is 4.05. The van der Waals surface area contributed by atoms with E-state index in [1.165, 1.54) is 4.88 Å². The second kappa shape index (κ2) is 5.39. The molecule has 0 radical (unpaired) electrons. The molecule has 0 bridgehead atoms. The second-order valence-electron chi connectivity index (χ2n) is 4.57. The number of nitrogens with zero attached hydrogens (tertiary/aromatic N) is 1. The van der Waals surface area contributed by atoms with Crippen LogP contribution in [-0.2, 0) is 6.42 Å². The number of thiazole rings is 1. The van der Waals surface area contributed by atoms with Crippen LogP contribution in [0, 0.1) is 20.8 Å². The summed E-state index contributed by atoms with van der Waals surface area (Å²) < 4.78 is 0. The summed E-state index contributed by atoms with van der Waals surface area (Å²) in [6.07, 6.45) is 0.763. The lowest BCUT2D eigenvalue weighted by Crippen LogP contribution is -2.13. The molecule has 2 rings (SSSR count). The van der Waals surface area contributed by atoms with E-state index in [0.717, 1.165) is 33.3 Å². The first-order chi connectivity index (χ1) is 8.47. The topological polar surface area (TPSA) is 38.9 Å². The van der Waals surface area contributed by atoms with E-state index in [0.29, 0.717) is 0 Å². The first-order valence-electron chi connectivity index (χ1n) is 5.92. The molecule has 1 unspecified atom stereocenters. The maximum Gasteiger partial charge on any atom is 0.0949 e. The minimum absolute atomic E-state index is 0.0481. The molecule has 0 spiro atoms. The number of hydrogen-bond donors (Lipinski definition) is 1. The molecule has 0 aliphatic heterocycles. The van der Waals surface area contributed by atoms with Crippen molar-refractivity contribution in [1.82, 2.24) is 4.98 Å². The van der Waals surface area contributed by atoms with Crippen LogP contribution in [0.25, 0.3) is 0 Å². The summed E-state index contributed by atoms with van der Waals surface area (Å²) in [6, 6.07) is 5.96. The van der Waals surface area contributed by atoms with Crippen LogP contribution in [0.5, 0.6) is 0 Å². The molecule has 2 nitrogen and oxygen atoms in total. The Morgan fingerprint density at radius 3 is 2.61 bits per heavy atom. The third kappa shape index (κ3) is 2.91. The molecule has 1 heterocycles. The van der Waals surface area contributed by atoms with E-state index in [1.54, 1.807) is 11.3 Å². The Morgan fingerprint density at radius 2 is 2.06 bits per heavy atom. The standard InChI is InChI=1S/C14H17ClN2S/c1-8-4-5-11(6-12(8)15)13(16)7-14-17-9(2)10(3)18-14/h4-6,13H,7,16H2,1-3H3. The van der Waals surface area contributed by atoms with Gasteiger partial charge in [0.05, 0.1) is 10.7 Å². The second-order valence-corrected chi connectivity index (χ2v) is 6.26. The van der Waals surface area contributed by atoms with Gasteiger partial charge in [-0.3, -0.25) is 0 Å². The number of aryl methyl sites for hydroxylation is 3. The van der Waals surface area contributed by atoms with Gasteiger partial charge < -0.3 is 5.73 Å². The van der Waals surface area contributed by atoms with Crippen molar-refractivity contribution in [2.75, 3.05) is 0 Å². The van der Waals surface area contributed by atoms with Crippen LogP contribution in [-0.4, -0.2) is 4.98 Å². The zero-order valence-corrected chi connectivity index (χ0v) is 12.4. The summed E-state index contributed by atoms with van der Waals surface area (Å²) in [4.78, 5) is 5.78. The molecule has 0 aliphatic rings. The highest BCUT2D eigenvalue weighted by molar-refractivity contribution is 7.11. The highest BCUT2D eigenvalue weighted by Crippen LogP contribution is 2.25. The van der Waals surface area contributed by atoms with Crippen LogP contribution in [0.4, 0.5) is 0 Å². The Balaban J connectivity index is 2.16. The zero-order chi connectivity index (χ0) is 13.3. The normalized spacial score (nSPS) is 12.7. The summed E-state index contributed by atoms with van der Waals surface area (Å²) in [5, 5.41) is 1.86. The Labute approximate surface area is 117 Å². The van der Waals surface area contributed by atoms with Crippen molar-refractivity contribution < 1.29 is 0 Å². The van der Waals surface area contributed by atoms with Crippen molar-refractivity contribution in [2.24, 2.45) is 5.73 Å². The lowest BCUT2D eigenvalue weighted by Gasteiger charge is -2.11. The average molecular weight is 281 g/mol. The van der Waals surface area contributed by atoms with Gasteiger partial charge in [0.1, 0.15) is 0 Å². The molecule has 2 aromatic rings. The number of nitrogens with two attached hydrogens (primary N) is 1. The predicted octanol–water partition coefficient (Wildman–Crippen LogP) is 3.96. The largest absolute Gasteiger partial charge is 0.324 e. The summed E-state index contributed by atoms with van der Waals surface area (Å²) in [5.41, 5.74) is 9.46. The van der Waals surface area contributed by atoms with E-state index in [1.807, 2.05) is 32.0 Å². The molecular formula is C14H17ClN2S. The monoisotopic (exact) mass is 280 g/mol. The molecule has 1 atom stereocenters. The van der Waals surface area contributed by atoms with E-state index in [-0.39, 0.29) is 6.04 Å². The molecule has 0 fully saturated rings. The van der Waals surface area contributed by atoms with Crippen LogP contribution in [0.3, 0.4) is 0 Å². The molecule has 18 heavy (non-hydrogen) atoms. The molecule has 1 aromatic carbocycles. The van der Waals surface area contributed by atoms with Crippen molar-refractivity contribution in [2.45, 2.75) is 33.2 Å². The van der Waals surface area contributed by atoms with Gasteiger partial charge in [0, 0.05) is 22.4 Å². The summed E-state index contributed by atoms with van der Waals surface area (Å²) in [7, 11) is 0. The van der Waals surface area contributed by atoms with E-state index in [4.69, 9.17) is 17.3 Å². The van der Waals surface area contributed by atoms with Crippen LogP contribution in [0.15, 0.2) is 18.2 Å². The molecule has 1 aromatic heterocycles. The van der Waals surface area contributed by atoms with Gasteiger partial charge in [0.2, 0.25) is 0 Å². The van der Waals surface area contributed by atoms with Gasteiger partial charge in [-0.1, -0.05) is 23.7 Å². The number of benzene rings is 1. The van der Waals surface area contributed by atoms with Crippen molar-refractivity contribution in [3.63, 3.8) is 0 Å². The minimum Gasteiger partial charge on any atom is -0.324 e. The maximum atomic E-state index is 6.21. The molecule has 4 heteroatoms. The fraction of sp³-hybridized carbons (Fsp3) is 0.357. The number of aromatic nitrogens is 1. The number of hydrogen-bond acceptors (Lipinski definition) is 3. The van der Waals surface area contributed by atoms with Gasteiger partial charge in [-0.2, -0.15) is 0 Å². The fourth-order valence-electron chi connectivity index (χ4n) is 1.77. The maximum absolute atomic E-state index is 6.21. The number of rotatable bonds is 3. The van der Waals surface area contributed by atoms with Gasteiger partial charge in [-0.25, -0.2) is 4.98 Å². The van der Waals surface area contributed by atoms with Gasteiger partial charge in [-0.15, -0.1) is 11.3 Å². The quantitative estimate of drug-likeness (QED) is 0.924.